The molecule has 0 radical (unpaired) electrons. The number of aryl methyl sites for hydroxylation is 1. The Balaban J connectivity index is 1.45. The van der Waals surface area contributed by atoms with E-state index in [-0.39, 0.29) is 5.56 Å². The summed E-state index contributed by atoms with van der Waals surface area (Å²) in [4.78, 5) is 22.8. The smallest absolute Gasteiger partial charge is 0.266 e. The zero-order valence-corrected chi connectivity index (χ0v) is 11.8. The Bertz CT molecular complexity index is 720. The Labute approximate surface area is 122 Å². The first-order valence-corrected chi connectivity index (χ1v) is 7.41. The van der Waals surface area contributed by atoms with Gasteiger partial charge in [0.05, 0.1) is 6.54 Å². The molecule has 6 nitrogen and oxygen atoms in total. The molecule has 0 bridgehead atoms. The van der Waals surface area contributed by atoms with Crippen molar-refractivity contribution in [3.8, 4) is 0 Å². The van der Waals surface area contributed by atoms with Gasteiger partial charge in [-0.25, -0.2) is 14.6 Å². The molecule has 2 aromatic rings. The summed E-state index contributed by atoms with van der Waals surface area (Å²) in [5.41, 5.74) is 2.51. The average Bonchev–Trinajstić information content (AvgIpc) is 2.93. The van der Waals surface area contributed by atoms with E-state index in [1.165, 1.54) is 17.7 Å². The summed E-state index contributed by atoms with van der Waals surface area (Å²) >= 11 is 0. The monoisotopic (exact) mass is 283 g/mol. The van der Waals surface area contributed by atoms with Gasteiger partial charge in [-0.2, -0.15) is 5.10 Å². The molecule has 6 heteroatoms. The van der Waals surface area contributed by atoms with E-state index in [0.29, 0.717) is 12.5 Å². The van der Waals surface area contributed by atoms with Crippen molar-refractivity contribution in [2.24, 2.45) is 5.92 Å². The summed E-state index contributed by atoms with van der Waals surface area (Å²) in [5, 5.41) is 4.12. The van der Waals surface area contributed by atoms with Crippen molar-refractivity contribution in [2.45, 2.75) is 25.8 Å². The Hall–Kier alpha value is -2.24. The minimum atomic E-state index is -0.0288. The quantitative estimate of drug-likeness (QED) is 0.828. The number of aromatic nitrogens is 4. The fraction of sp³-hybridized carbons (Fsp3) is 0.467. The van der Waals surface area contributed by atoms with Crippen LogP contribution >= 0.6 is 0 Å². The summed E-state index contributed by atoms with van der Waals surface area (Å²) < 4.78 is 1.55. The largest absolute Gasteiger partial charge is 0.355 e. The van der Waals surface area contributed by atoms with Gasteiger partial charge in [0.2, 0.25) is 0 Å². The first-order valence-electron chi connectivity index (χ1n) is 7.41. The van der Waals surface area contributed by atoms with Gasteiger partial charge in [0.1, 0.15) is 12.1 Å². The van der Waals surface area contributed by atoms with Crippen LogP contribution in [-0.2, 0) is 19.4 Å². The summed E-state index contributed by atoms with van der Waals surface area (Å²) in [6.07, 6.45) is 6.69. The first-order chi connectivity index (χ1) is 10.3. The maximum atomic E-state index is 11.7. The van der Waals surface area contributed by atoms with Crippen LogP contribution in [0.1, 0.15) is 17.7 Å². The van der Waals surface area contributed by atoms with Crippen LogP contribution in [0.3, 0.4) is 0 Å². The third kappa shape index (κ3) is 2.20. The van der Waals surface area contributed by atoms with Crippen molar-refractivity contribution in [2.75, 3.05) is 18.0 Å². The lowest BCUT2D eigenvalue weighted by Crippen LogP contribution is -2.50. The van der Waals surface area contributed by atoms with Crippen molar-refractivity contribution < 1.29 is 0 Å². The SMILES string of the molecule is O=c1cccnn1CC1CN(c2ncnc3c2CCC3)C1. The Morgan fingerprint density at radius 2 is 2.14 bits per heavy atom. The Morgan fingerprint density at radius 1 is 1.24 bits per heavy atom. The summed E-state index contributed by atoms with van der Waals surface area (Å²) in [5.74, 6) is 1.56. The zero-order valence-electron chi connectivity index (χ0n) is 11.8. The fourth-order valence-electron chi connectivity index (χ4n) is 3.24. The first kappa shape index (κ1) is 12.5. The molecule has 1 fully saturated rings. The van der Waals surface area contributed by atoms with Crippen LogP contribution in [0.25, 0.3) is 0 Å². The van der Waals surface area contributed by atoms with Gasteiger partial charge in [-0.1, -0.05) is 0 Å². The standard InChI is InChI=1S/C15H17N5O/c21-14-5-2-6-18-20(14)9-11-7-19(8-11)15-12-3-1-4-13(12)16-10-17-15/h2,5-6,10-11H,1,3-4,7-9H2. The van der Waals surface area contributed by atoms with Gasteiger partial charge in [0, 0.05) is 42.5 Å². The summed E-state index contributed by atoms with van der Waals surface area (Å²) in [6.45, 7) is 2.56. The minimum Gasteiger partial charge on any atom is -0.355 e. The number of nitrogens with zero attached hydrogens (tertiary/aromatic N) is 5. The highest BCUT2D eigenvalue weighted by atomic mass is 16.1. The molecule has 0 unspecified atom stereocenters. The van der Waals surface area contributed by atoms with Crippen LogP contribution < -0.4 is 10.5 Å². The lowest BCUT2D eigenvalue weighted by Gasteiger charge is -2.40. The predicted molar refractivity (Wildman–Crippen MR) is 78.3 cm³/mol. The van der Waals surface area contributed by atoms with Crippen LogP contribution in [0.2, 0.25) is 0 Å². The van der Waals surface area contributed by atoms with Gasteiger partial charge >= 0.3 is 0 Å². The van der Waals surface area contributed by atoms with Crippen LogP contribution in [-0.4, -0.2) is 32.8 Å². The molecule has 0 atom stereocenters. The molecule has 1 aliphatic carbocycles. The van der Waals surface area contributed by atoms with Gasteiger partial charge in [0.15, 0.2) is 0 Å². The Kier molecular flexibility index (Phi) is 2.94. The summed E-state index contributed by atoms with van der Waals surface area (Å²) in [7, 11) is 0. The number of hydrogen-bond donors (Lipinski definition) is 0. The van der Waals surface area contributed by atoms with E-state index in [1.807, 2.05) is 0 Å². The molecule has 3 heterocycles. The fourth-order valence-corrected chi connectivity index (χ4v) is 3.24. The second-order valence-corrected chi connectivity index (χ2v) is 5.79. The highest BCUT2D eigenvalue weighted by Crippen LogP contribution is 2.32. The third-order valence-corrected chi connectivity index (χ3v) is 4.33. The van der Waals surface area contributed by atoms with E-state index in [9.17, 15) is 4.79 Å². The second-order valence-electron chi connectivity index (χ2n) is 5.79. The van der Waals surface area contributed by atoms with Crippen LogP contribution in [0.4, 0.5) is 5.82 Å². The predicted octanol–water partition coefficient (Wildman–Crippen LogP) is 0.658. The topological polar surface area (TPSA) is 63.9 Å². The van der Waals surface area contributed by atoms with E-state index < -0.39 is 0 Å². The van der Waals surface area contributed by atoms with Crippen molar-refractivity contribution in [1.82, 2.24) is 19.7 Å². The van der Waals surface area contributed by atoms with Gasteiger partial charge in [-0.15, -0.1) is 0 Å². The van der Waals surface area contributed by atoms with E-state index in [2.05, 4.69) is 20.0 Å². The van der Waals surface area contributed by atoms with E-state index in [1.54, 1.807) is 29.3 Å². The second kappa shape index (κ2) is 4.95. The van der Waals surface area contributed by atoms with Crippen molar-refractivity contribution in [3.05, 3.63) is 46.3 Å². The lowest BCUT2D eigenvalue weighted by molar-refractivity contribution is 0.332. The van der Waals surface area contributed by atoms with Gasteiger partial charge < -0.3 is 4.90 Å². The van der Waals surface area contributed by atoms with Crippen molar-refractivity contribution in [1.29, 1.82) is 0 Å². The van der Waals surface area contributed by atoms with Gasteiger partial charge in [0.25, 0.3) is 5.56 Å². The molecule has 0 amide bonds. The summed E-state index contributed by atoms with van der Waals surface area (Å²) in [6, 6.07) is 3.23. The van der Waals surface area contributed by atoms with E-state index in [0.717, 1.165) is 31.7 Å². The van der Waals surface area contributed by atoms with Crippen LogP contribution in [0.5, 0.6) is 0 Å². The number of anilines is 1. The normalized spacial score (nSPS) is 17.6. The molecule has 2 aliphatic rings. The third-order valence-electron chi connectivity index (χ3n) is 4.33. The molecule has 0 spiro atoms. The molecular formula is C15H17N5O. The highest BCUT2D eigenvalue weighted by molar-refractivity contribution is 5.52. The van der Waals surface area contributed by atoms with Gasteiger partial charge in [-0.3, -0.25) is 4.79 Å². The highest BCUT2D eigenvalue weighted by Gasteiger charge is 2.31. The van der Waals surface area contributed by atoms with E-state index >= 15 is 0 Å². The zero-order chi connectivity index (χ0) is 14.2. The lowest BCUT2D eigenvalue weighted by atomic mass is 9.99. The van der Waals surface area contributed by atoms with Crippen LogP contribution in [0, 0.1) is 5.92 Å². The average molecular weight is 283 g/mol. The molecule has 1 saturated heterocycles. The number of fused-ring (bicyclic) bond motifs is 1. The molecule has 1 aliphatic heterocycles. The molecule has 21 heavy (non-hydrogen) atoms. The minimum absolute atomic E-state index is 0.0288. The molecular weight excluding hydrogens is 266 g/mol. The molecule has 2 aromatic heterocycles. The Morgan fingerprint density at radius 3 is 3.00 bits per heavy atom. The molecule has 0 aromatic carbocycles. The molecule has 4 rings (SSSR count). The maximum absolute atomic E-state index is 11.7. The van der Waals surface area contributed by atoms with Crippen molar-refractivity contribution >= 4 is 5.82 Å². The van der Waals surface area contributed by atoms with Gasteiger partial charge in [-0.05, 0) is 25.3 Å². The van der Waals surface area contributed by atoms with Crippen molar-refractivity contribution in [3.63, 3.8) is 0 Å². The molecule has 108 valence electrons. The number of hydrogen-bond acceptors (Lipinski definition) is 5. The maximum Gasteiger partial charge on any atom is 0.266 e. The number of rotatable bonds is 3. The molecule has 0 saturated carbocycles. The molecule has 0 N–H and O–H groups in total. The van der Waals surface area contributed by atoms with Crippen LogP contribution in [0.15, 0.2) is 29.5 Å². The van der Waals surface area contributed by atoms with E-state index in [4.69, 9.17) is 0 Å².